The maximum atomic E-state index is 12.6. The van der Waals surface area contributed by atoms with Crippen molar-refractivity contribution >= 4 is 11.9 Å². The van der Waals surface area contributed by atoms with Crippen molar-refractivity contribution < 1.29 is 14.7 Å². The zero-order valence-electron chi connectivity index (χ0n) is 14.9. The fourth-order valence-electron chi connectivity index (χ4n) is 3.59. The summed E-state index contributed by atoms with van der Waals surface area (Å²) in [5.41, 5.74) is 3.33. The zero-order chi connectivity index (χ0) is 18.4. The predicted octanol–water partition coefficient (Wildman–Crippen LogP) is 4.00. The molecule has 3 rings (SSSR count). The van der Waals surface area contributed by atoms with E-state index >= 15 is 0 Å². The third-order valence-electron chi connectivity index (χ3n) is 5.05. The Kier molecular flexibility index (Phi) is 6.05. The molecule has 1 aliphatic heterocycles. The van der Waals surface area contributed by atoms with Gasteiger partial charge in [0.25, 0.3) is 0 Å². The maximum absolute atomic E-state index is 12.6. The number of hydrogen-bond donors (Lipinski definition) is 1. The number of aliphatic carboxylic acids is 1. The van der Waals surface area contributed by atoms with Crippen molar-refractivity contribution in [1.29, 1.82) is 0 Å². The molecular weight excluding hydrogens is 326 g/mol. The molecule has 1 N–H and O–H groups in total. The molecular formula is C22H25NO3. The molecule has 1 heterocycles. The van der Waals surface area contributed by atoms with E-state index in [0.717, 1.165) is 30.5 Å². The summed E-state index contributed by atoms with van der Waals surface area (Å²) in [4.78, 5) is 25.3. The molecule has 0 aromatic heterocycles. The molecule has 0 bridgehead atoms. The molecule has 1 saturated heterocycles. The number of amides is 1. The van der Waals surface area contributed by atoms with Crippen molar-refractivity contribution in [2.45, 2.75) is 32.1 Å². The van der Waals surface area contributed by atoms with Gasteiger partial charge in [0, 0.05) is 19.5 Å². The summed E-state index contributed by atoms with van der Waals surface area (Å²) in [6.07, 6.45) is 3.23. The van der Waals surface area contributed by atoms with Crippen molar-refractivity contribution in [1.82, 2.24) is 4.90 Å². The Morgan fingerprint density at radius 2 is 1.69 bits per heavy atom. The van der Waals surface area contributed by atoms with Crippen LogP contribution >= 0.6 is 0 Å². The third-order valence-corrected chi connectivity index (χ3v) is 5.05. The number of carboxylic acids is 1. The minimum Gasteiger partial charge on any atom is -0.481 e. The van der Waals surface area contributed by atoms with Gasteiger partial charge in [0.05, 0.1) is 6.42 Å². The standard InChI is InChI=1S/C22H25NO3/c24-21(23-14-4-5-18(16-23)10-13-22(25)26)15-17-8-11-20(12-9-17)19-6-2-1-3-7-19/h1-3,6-9,11-12,18H,4-5,10,13-16H2,(H,25,26). The SMILES string of the molecule is O=C(O)CCC1CCCN(C(=O)Cc2ccc(-c3ccccc3)cc2)C1. The first-order chi connectivity index (χ1) is 12.6. The molecule has 0 saturated carbocycles. The lowest BCUT2D eigenvalue weighted by atomic mass is 9.93. The van der Waals surface area contributed by atoms with Crippen molar-refractivity contribution in [3.05, 3.63) is 60.2 Å². The molecule has 2 aromatic carbocycles. The lowest BCUT2D eigenvalue weighted by molar-refractivity contribution is -0.137. The highest BCUT2D eigenvalue weighted by molar-refractivity contribution is 5.79. The summed E-state index contributed by atoms with van der Waals surface area (Å²) in [7, 11) is 0. The highest BCUT2D eigenvalue weighted by Gasteiger charge is 2.24. The molecule has 1 unspecified atom stereocenters. The monoisotopic (exact) mass is 351 g/mol. The van der Waals surface area contributed by atoms with Crippen LogP contribution in [0.2, 0.25) is 0 Å². The number of carboxylic acid groups (broad SMARTS) is 1. The minimum absolute atomic E-state index is 0.137. The van der Waals surface area contributed by atoms with E-state index in [1.807, 2.05) is 35.2 Å². The van der Waals surface area contributed by atoms with Gasteiger partial charge >= 0.3 is 5.97 Å². The van der Waals surface area contributed by atoms with Crippen LogP contribution < -0.4 is 0 Å². The van der Waals surface area contributed by atoms with E-state index in [2.05, 4.69) is 24.3 Å². The van der Waals surface area contributed by atoms with Gasteiger partial charge in [-0.3, -0.25) is 9.59 Å². The van der Waals surface area contributed by atoms with Crippen LogP contribution in [0.1, 0.15) is 31.2 Å². The quantitative estimate of drug-likeness (QED) is 0.856. The summed E-state index contributed by atoms with van der Waals surface area (Å²) < 4.78 is 0. The zero-order valence-corrected chi connectivity index (χ0v) is 14.9. The van der Waals surface area contributed by atoms with Crippen LogP contribution in [-0.4, -0.2) is 35.0 Å². The molecule has 1 atom stereocenters. The molecule has 0 aliphatic carbocycles. The number of rotatable bonds is 6. The predicted molar refractivity (Wildman–Crippen MR) is 102 cm³/mol. The van der Waals surface area contributed by atoms with Crippen LogP contribution in [0.15, 0.2) is 54.6 Å². The molecule has 1 fully saturated rings. The fraction of sp³-hybridized carbons (Fsp3) is 0.364. The minimum atomic E-state index is -0.757. The lowest BCUT2D eigenvalue weighted by Gasteiger charge is -2.32. The summed E-state index contributed by atoms with van der Waals surface area (Å²) in [6.45, 7) is 1.47. The highest BCUT2D eigenvalue weighted by atomic mass is 16.4. The van der Waals surface area contributed by atoms with Gasteiger partial charge in [-0.15, -0.1) is 0 Å². The second kappa shape index (κ2) is 8.65. The molecule has 2 aromatic rings. The molecule has 136 valence electrons. The summed E-state index contributed by atoms with van der Waals surface area (Å²) in [6, 6.07) is 18.3. The summed E-state index contributed by atoms with van der Waals surface area (Å²) in [5, 5.41) is 8.84. The molecule has 0 radical (unpaired) electrons. The first kappa shape index (κ1) is 18.2. The molecule has 4 heteroatoms. The van der Waals surface area contributed by atoms with Crippen molar-refractivity contribution in [3.8, 4) is 11.1 Å². The van der Waals surface area contributed by atoms with Crippen LogP contribution in [0, 0.1) is 5.92 Å². The first-order valence-electron chi connectivity index (χ1n) is 9.26. The summed E-state index contributed by atoms with van der Waals surface area (Å²) in [5.74, 6) is -0.311. The number of benzene rings is 2. The van der Waals surface area contributed by atoms with Crippen molar-refractivity contribution in [2.24, 2.45) is 5.92 Å². The average molecular weight is 351 g/mol. The molecule has 1 amide bonds. The van der Waals surface area contributed by atoms with Crippen LogP contribution in [0.5, 0.6) is 0 Å². The van der Waals surface area contributed by atoms with E-state index in [1.54, 1.807) is 0 Å². The highest BCUT2D eigenvalue weighted by Crippen LogP contribution is 2.23. The number of carbonyl (C=O) groups is 2. The van der Waals surface area contributed by atoms with Gasteiger partial charge in [0.1, 0.15) is 0 Å². The number of nitrogens with zero attached hydrogens (tertiary/aromatic N) is 1. The Hall–Kier alpha value is -2.62. The molecule has 1 aliphatic rings. The normalized spacial score (nSPS) is 17.1. The maximum Gasteiger partial charge on any atom is 0.303 e. The van der Waals surface area contributed by atoms with Crippen molar-refractivity contribution in [3.63, 3.8) is 0 Å². The van der Waals surface area contributed by atoms with Gasteiger partial charge in [-0.25, -0.2) is 0 Å². The Morgan fingerprint density at radius 1 is 1.00 bits per heavy atom. The van der Waals surface area contributed by atoms with Gasteiger partial charge in [-0.05, 0) is 41.9 Å². The van der Waals surface area contributed by atoms with E-state index in [-0.39, 0.29) is 12.3 Å². The molecule has 26 heavy (non-hydrogen) atoms. The second-order valence-corrected chi connectivity index (χ2v) is 7.02. The van der Waals surface area contributed by atoms with Crippen LogP contribution in [-0.2, 0) is 16.0 Å². The Morgan fingerprint density at radius 3 is 2.38 bits per heavy atom. The number of carbonyl (C=O) groups excluding carboxylic acids is 1. The third kappa shape index (κ3) is 4.94. The van der Waals surface area contributed by atoms with E-state index in [9.17, 15) is 9.59 Å². The Labute approximate surface area is 154 Å². The smallest absolute Gasteiger partial charge is 0.303 e. The summed E-state index contributed by atoms with van der Waals surface area (Å²) >= 11 is 0. The Bertz CT molecular complexity index is 740. The average Bonchev–Trinajstić information content (AvgIpc) is 2.68. The lowest BCUT2D eigenvalue weighted by Crippen LogP contribution is -2.40. The van der Waals surface area contributed by atoms with Crippen molar-refractivity contribution in [2.75, 3.05) is 13.1 Å². The van der Waals surface area contributed by atoms with Gasteiger partial charge < -0.3 is 10.0 Å². The van der Waals surface area contributed by atoms with E-state index in [0.29, 0.717) is 25.3 Å². The molecule has 0 spiro atoms. The number of piperidine rings is 1. The van der Waals surface area contributed by atoms with Gasteiger partial charge in [-0.1, -0.05) is 54.6 Å². The van der Waals surface area contributed by atoms with Crippen LogP contribution in [0.25, 0.3) is 11.1 Å². The van der Waals surface area contributed by atoms with Gasteiger partial charge in [-0.2, -0.15) is 0 Å². The van der Waals surface area contributed by atoms with E-state index < -0.39 is 5.97 Å². The largest absolute Gasteiger partial charge is 0.481 e. The number of likely N-dealkylation sites (tertiary alicyclic amines) is 1. The second-order valence-electron chi connectivity index (χ2n) is 7.02. The van der Waals surface area contributed by atoms with Gasteiger partial charge in [0.15, 0.2) is 0 Å². The first-order valence-corrected chi connectivity index (χ1v) is 9.26. The Balaban J connectivity index is 1.56. The number of hydrogen-bond acceptors (Lipinski definition) is 2. The van der Waals surface area contributed by atoms with Crippen LogP contribution in [0.3, 0.4) is 0 Å². The van der Waals surface area contributed by atoms with E-state index in [1.165, 1.54) is 5.56 Å². The topological polar surface area (TPSA) is 57.6 Å². The van der Waals surface area contributed by atoms with Gasteiger partial charge in [0.2, 0.25) is 5.91 Å². The van der Waals surface area contributed by atoms with Crippen LogP contribution in [0.4, 0.5) is 0 Å². The molecule has 4 nitrogen and oxygen atoms in total. The van der Waals surface area contributed by atoms with E-state index in [4.69, 9.17) is 5.11 Å². The fourth-order valence-corrected chi connectivity index (χ4v) is 3.59.